The van der Waals surface area contributed by atoms with Gasteiger partial charge in [-0.2, -0.15) is 0 Å². The molecule has 3 saturated heterocycles. The van der Waals surface area contributed by atoms with E-state index in [4.69, 9.17) is 5.73 Å². The zero-order chi connectivity index (χ0) is 58.9. The molecule has 0 bridgehead atoms. The molecule has 3 aromatic carbocycles. The van der Waals surface area contributed by atoms with Gasteiger partial charge in [0.25, 0.3) is 11.4 Å². The maximum Gasteiger partial charge on any atom is 0.396 e. The number of piperidine rings is 1. The van der Waals surface area contributed by atoms with Crippen LogP contribution in [0.2, 0.25) is 0 Å². The number of carbonyl (C=O) groups is 9. The van der Waals surface area contributed by atoms with Gasteiger partial charge in [0.2, 0.25) is 41.4 Å². The van der Waals surface area contributed by atoms with E-state index in [1.165, 1.54) is 53.4 Å². The van der Waals surface area contributed by atoms with E-state index >= 15 is 4.79 Å². The maximum absolute atomic E-state index is 15.0. The Morgan fingerprint density at radius 3 is 2.26 bits per heavy atom. The molecule has 24 nitrogen and oxygen atoms in total. The molecule has 1 aromatic heterocycles. The molecule has 0 radical (unpaired) electrons. The van der Waals surface area contributed by atoms with E-state index in [-0.39, 0.29) is 96.9 Å². The predicted octanol–water partition coefficient (Wildman–Crippen LogP) is 2.62. The number of fused-ring (bicyclic) bond motifs is 3. The molecule has 8 amide bonds. The van der Waals surface area contributed by atoms with E-state index < -0.39 is 82.7 Å². The summed E-state index contributed by atoms with van der Waals surface area (Å²) < 4.78 is 35.7. The Bertz CT molecular complexity index is 3430. The third kappa shape index (κ3) is 13.1. The van der Waals surface area contributed by atoms with Crippen molar-refractivity contribution in [2.75, 3.05) is 36.2 Å². The van der Waals surface area contributed by atoms with Crippen LogP contribution in [0.5, 0.6) is 0 Å². The number of anilines is 2. The summed E-state index contributed by atoms with van der Waals surface area (Å²) in [5, 5.41) is 10.9. The van der Waals surface area contributed by atoms with E-state index in [9.17, 15) is 61.1 Å². The normalized spacial score (nSPS) is 22.6. The van der Waals surface area contributed by atoms with Crippen LogP contribution in [-0.4, -0.2) is 142 Å². The highest BCUT2D eigenvalue weighted by Gasteiger charge is 2.47. The van der Waals surface area contributed by atoms with Gasteiger partial charge in [-0.25, -0.2) is 8.42 Å². The van der Waals surface area contributed by atoms with Crippen molar-refractivity contribution >= 4 is 92.5 Å². The lowest BCUT2D eigenvalue weighted by molar-refractivity contribution is -0.146. The second-order valence-electron chi connectivity index (χ2n) is 22.1. The number of benzene rings is 3. The average Bonchev–Trinajstić information content (AvgIpc) is 3.22. The standard InChI is InChI=1S/C56H67N10O14PS/c1-31-63(2)47-25-35(10-17-44(47)65(31)45-19-21-49(68)62-54(45)73)24-32-4-6-33(7-5-32)26-50(69)64-23-22-38-12-18-46(53(72)60-41(16-20-48(57)67)51(70)58-29-34-8-13-39(14-9-34)82(3,79)80)66(38)55(74)43(30-64)61-52(71)42-28-37-27-36(11-15-40(37)59-42)56(75)81(76,77)78/h8-11,13-15,17,25,27-28,32-33,38,41,43,45-46,59H,1,4-7,12,16,18-24,26,29-30H2,2-3H3,(H2,57,67)(H,58,70)(H,60,72)(H,61,71)(H,62,68,73)(H2,76,77,78)/t32-,33+,38-,41+,43+,45?,46+/m1/s1. The van der Waals surface area contributed by atoms with Crippen LogP contribution in [0.3, 0.4) is 0 Å². The van der Waals surface area contributed by atoms with Crippen molar-refractivity contribution in [1.82, 2.24) is 36.1 Å². The van der Waals surface area contributed by atoms with Crippen molar-refractivity contribution < 1.29 is 65.9 Å². The quantitative estimate of drug-likeness (QED) is 0.0524. The molecule has 5 atom stereocenters. The summed E-state index contributed by atoms with van der Waals surface area (Å²) in [4.78, 5) is 150. The van der Waals surface area contributed by atoms with Crippen molar-refractivity contribution in [2.24, 2.45) is 17.6 Å². The molecule has 9 rings (SSSR count). The van der Waals surface area contributed by atoms with Crippen LogP contribution in [0.25, 0.3) is 10.9 Å². The van der Waals surface area contributed by atoms with Crippen molar-refractivity contribution in [3.63, 3.8) is 0 Å². The topological polar surface area (TPSA) is 348 Å². The number of nitrogens with two attached hydrogens (primary N) is 1. The number of nitrogens with zero attached hydrogens (tertiary/aromatic N) is 4. The van der Waals surface area contributed by atoms with Gasteiger partial charge >= 0.3 is 7.60 Å². The Kier molecular flexibility index (Phi) is 17.2. The summed E-state index contributed by atoms with van der Waals surface area (Å²) in [6.45, 7) is 4.11. The molecule has 4 fully saturated rings. The van der Waals surface area contributed by atoms with Crippen LogP contribution in [0, 0.1) is 11.8 Å². The number of hydrogen-bond donors (Lipinski definition) is 8. The number of aromatic nitrogens is 1. The minimum Gasteiger partial charge on any atom is -0.370 e. The lowest BCUT2D eigenvalue weighted by Gasteiger charge is -2.39. The zero-order valence-corrected chi connectivity index (χ0v) is 47.1. The number of carbonyl (C=O) groups excluding carboxylic acids is 9. The van der Waals surface area contributed by atoms with Gasteiger partial charge in [0, 0.05) is 74.7 Å². The van der Waals surface area contributed by atoms with Gasteiger partial charge in [-0.15, -0.1) is 0 Å². The number of rotatable bonds is 18. The van der Waals surface area contributed by atoms with Crippen molar-refractivity contribution in [3.05, 3.63) is 102 Å². The highest BCUT2D eigenvalue weighted by atomic mass is 32.2. The minimum absolute atomic E-state index is 0.0411. The summed E-state index contributed by atoms with van der Waals surface area (Å²) in [6.07, 6.45) is 6.32. The number of hydrogen-bond acceptors (Lipinski definition) is 14. The first kappa shape index (κ1) is 58.9. The summed E-state index contributed by atoms with van der Waals surface area (Å²) in [7, 11) is -6.71. The molecule has 82 heavy (non-hydrogen) atoms. The van der Waals surface area contributed by atoms with Gasteiger partial charge in [-0.1, -0.05) is 24.8 Å². The van der Waals surface area contributed by atoms with Crippen LogP contribution in [-0.2, 0) is 60.9 Å². The van der Waals surface area contributed by atoms with Crippen LogP contribution < -0.4 is 36.8 Å². The highest BCUT2D eigenvalue weighted by molar-refractivity contribution is 7.90. The van der Waals surface area contributed by atoms with Crippen LogP contribution in [0.4, 0.5) is 11.4 Å². The summed E-state index contributed by atoms with van der Waals surface area (Å²) in [5.74, 6) is -3.37. The number of imide groups is 1. The lowest BCUT2D eigenvalue weighted by atomic mass is 9.78. The number of nitrogens with one attached hydrogen (secondary N) is 5. The van der Waals surface area contributed by atoms with Crippen molar-refractivity contribution in [1.29, 1.82) is 0 Å². The third-order valence-corrected chi connectivity index (χ3v) is 18.4. The van der Waals surface area contributed by atoms with E-state index in [1.807, 2.05) is 22.9 Å². The second kappa shape index (κ2) is 24.0. The smallest absolute Gasteiger partial charge is 0.370 e. The second-order valence-corrected chi connectivity index (χ2v) is 25.6. The molecule has 5 heterocycles. The molecular weight excluding hydrogens is 1100 g/mol. The fourth-order valence-electron chi connectivity index (χ4n) is 12.0. The first-order valence-electron chi connectivity index (χ1n) is 27.3. The zero-order valence-electron chi connectivity index (χ0n) is 45.4. The van der Waals surface area contributed by atoms with Crippen LogP contribution in [0.1, 0.15) is 109 Å². The Morgan fingerprint density at radius 1 is 0.866 bits per heavy atom. The van der Waals surface area contributed by atoms with Crippen molar-refractivity contribution in [2.45, 2.75) is 125 Å². The predicted molar refractivity (Wildman–Crippen MR) is 299 cm³/mol. The highest BCUT2D eigenvalue weighted by Crippen LogP contribution is 2.44. The summed E-state index contributed by atoms with van der Waals surface area (Å²) in [6, 6.07) is 12.2. The van der Waals surface area contributed by atoms with Gasteiger partial charge < -0.3 is 56.1 Å². The number of sulfone groups is 1. The molecule has 4 aromatic rings. The maximum atomic E-state index is 15.0. The molecule has 26 heteroatoms. The van der Waals surface area contributed by atoms with E-state index in [0.717, 1.165) is 55.3 Å². The number of amides is 8. The molecule has 1 aliphatic carbocycles. The van der Waals surface area contributed by atoms with Crippen LogP contribution in [0.15, 0.2) is 84.0 Å². The average molecular weight is 1170 g/mol. The van der Waals surface area contributed by atoms with Gasteiger partial charge in [-0.05, 0) is 136 Å². The monoisotopic (exact) mass is 1170 g/mol. The first-order chi connectivity index (χ1) is 38.8. The lowest BCUT2D eigenvalue weighted by Crippen LogP contribution is -2.62. The van der Waals surface area contributed by atoms with E-state index in [0.29, 0.717) is 42.1 Å². The Hall–Kier alpha value is -7.73. The SMILES string of the molecule is C=C1N(C)c2cc(C[C@H]3CC[C@@H](CC(=O)N4CC[C@H]5CC[C@@H](C(=O)N[C@@H](CCC(N)=O)C(=O)NCc6ccc(S(C)(=O)=O)cc6)N5C(=O)[C@@H](NC(=O)c5cc6cc(C(=O)P(=O)(O)O)ccc6[nH]5)C4)CC3)ccc2N1C1CCC(=O)NC1=O. The number of primary amides is 1. The van der Waals surface area contributed by atoms with Gasteiger partial charge in [0.05, 0.1) is 16.3 Å². The van der Waals surface area contributed by atoms with E-state index in [2.05, 4.69) is 45.0 Å². The molecule has 436 valence electrons. The molecule has 4 aliphatic heterocycles. The Balaban J connectivity index is 0.882. The first-order valence-corrected chi connectivity index (χ1v) is 30.8. The Morgan fingerprint density at radius 2 is 1.57 bits per heavy atom. The molecule has 9 N–H and O–H groups in total. The largest absolute Gasteiger partial charge is 0.396 e. The minimum atomic E-state index is -5.13. The van der Waals surface area contributed by atoms with Gasteiger partial charge in [-0.3, -0.25) is 53.0 Å². The molecular formula is C56H67N10O14PS. The fourth-order valence-corrected chi connectivity index (χ4v) is 13.1. The molecule has 0 spiro atoms. The van der Waals surface area contributed by atoms with Crippen molar-refractivity contribution in [3.8, 4) is 0 Å². The number of H-pyrrole nitrogens is 1. The third-order valence-electron chi connectivity index (χ3n) is 16.5. The summed E-state index contributed by atoms with van der Waals surface area (Å²) in [5.41, 5.74) is 7.46. The molecule has 5 aliphatic rings. The van der Waals surface area contributed by atoms with E-state index in [1.54, 1.807) is 4.90 Å². The molecule has 1 saturated carbocycles. The fraction of sp³-hybridized carbons (Fsp3) is 0.446. The summed E-state index contributed by atoms with van der Waals surface area (Å²) >= 11 is 0. The molecule has 1 unspecified atom stereocenters. The van der Waals surface area contributed by atoms with Gasteiger partial charge in [0.15, 0.2) is 9.84 Å². The van der Waals surface area contributed by atoms with Crippen LogP contribution >= 0.6 is 7.60 Å². The number of aromatic amines is 1. The van der Waals surface area contributed by atoms with Gasteiger partial charge in [0.1, 0.15) is 35.7 Å². The Labute approximate surface area is 473 Å².